The molecule has 0 radical (unpaired) electrons. The summed E-state index contributed by atoms with van der Waals surface area (Å²) in [6.45, 7) is 1.62. The van der Waals surface area contributed by atoms with E-state index in [1.54, 1.807) is 11.3 Å². The largest absolute Gasteiger partial charge is 0.376 e. The minimum absolute atomic E-state index is 0.502. The van der Waals surface area contributed by atoms with Gasteiger partial charge in [-0.2, -0.15) is 0 Å². The molecule has 1 fully saturated rings. The number of thiazole rings is 1. The van der Waals surface area contributed by atoms with Crippen molar-refractivity contribution in [3.05, 3.63) is 24.3 Å². The molecule has 3 nitrogen and oxygen atoms in total. The smallest absolute Gasteiger partial charge is 0.183 e. The van der Waals surface area contributed by atoms with E-state index < -0.39 is 0 Å². The molecule has 0 saturated heterocycles. The fraction of sp³-hybridized carbons (Fsp3) is 0.500. The highest BCUT2D eigenvalue weighted by molar-refractivity contribution is 7.22. The van der Waals surface area contributed by atoms with Crippen molar-refractivity contribution < 1.29 is 4.74 Å². The number of anilines is 1. The van der Waals surface area contributed by atoms with Crippen LogP contribution >= 0.6 is 11.3 Å². The Hall–Kier alpha value is -1.13. The maximum Gasteiger partial charge on any atom is 0.183 e. The minimum atomic E-state index is 0.502. The van der Waals surface area contributed by atoms with E-state index in [9.17, 15) is 0 Å². The van der Waals surface area contributed by atoms with Gasteiger partial charge in [0.25, 0.3) is 0 Å². The van der Waals surface area contributed by atoms with Gasteiger partial charge in [0.2, 0.25) is 0 Å². The Balaban J connectivity index is 1.47. The second-order valence-electron chi connectivity index (χ2n) is 4.69. The number of hydrogen-bond acceptors (Lipinski definition) is 4. The fourth-order valence-corrected chi connectivity index (χ4v) is 3.28. The van der Waals surface area contributed by atoms with E-state index >= 15 is 0 Å². The Morgan fingerprint density at radius 1 is 1.28 bits per heavy atom. The van der Waals surface area contributed by atoms with Gasteiger partial charge in [0.1, 0.15) is 0 Å². The number of benzene rings is 1. The van der Waals surface area contributed by atoms with E-state index in [0.717, 1.165) is 23.8 Å². The molecule has 0 unspecified atom stereocenters. The molecule has 0 spiro atoms. The molecule has 1 aromatic carbocycles. The summed E-state index contributed by atoms with van der Waals surface area (Å²) in [5, 5.41) is 4.33. The molecule has 1 heterocycles. The summed E-state index contributed by atoms with van der Waals surface area (Å²) in [5.74, 6) is 0. The first-order valence-electron chi connectivity index (χ1n) is 6.63. The predicted octanol–water partition coefficient (Wildman–Crippen LogP) is 3.67. The maximum absolute atomic E-state index is 5.81. The zero-order valence-corrected chi connectivity index (χ0v) is 11.2. The highest BCUT2D eigenvalue weighted by Gasteiger charge is 2.14. The number of nitrogens with one attached hydrogen (secondary N) is 1. The van der Waals surface area contributed by atoms with Crippen molar-refractivity contribution in [2.75, 3.05) is 18.5 Å². The van der Waals surface area contributed by atoms with Gasteiger partial charge in [0, 0.05) is 6.54 Å². The van der Waals surface area contributed by atoms with E-state index in [4.69, 9.17) is 4.74 Å². The van der Waals surface area contributed by atoms with Crippen LogP contribution in [0.4, 0.5) is 5.13 Å². The van der Waals surface area contributed by atoms with Gasteiger partial charge in [-0.3, -0.25) is 0 Å². The number of nitrogens with zero attached hydrogens (tertiary/aromatic N) is 1. The molecule has 1 saturated carbocycles. The van der Waals surface area contributed by atoms with Gasteiger partial charge in [-0.1, -0.05) is 36.3 Å². The highest BCUT2D eigenvalue weighted by Crippen LogP contribution is 2.25. The van der Waals surface area contributed by atoms with Crippen LogP contribution in [0.15, 0.2) is 24.3 Å². The van der Waals surface area contributed by atoms with Crippen LogP contribution in [0.3, 0.4) is 0 Å². The Morgan fingerprint density at radius 2 is 2.11 bits per heavy atom. The summed E-state index contributed by atoms with van der Waals surface area (Å²) in [5.41, 5.74) is 1.07. The average Bonchev–Trinajstić information content (AvgIpc) is 3.03. The van der Waals surface area contributed by atoms with Crippen LogP contribution in [0, 0.1) is 0 Å². The standard InChI is InChI=1S/C14H18N2OS/c1-2-6-11(5-1)17-10-9-15-14-16-12-7-3-4-8-13(12)18-14/h3-4,7-8,11H,1-2,5-6,9-10H2,(H,15,16). The fourth-order valence-electron chi connectivity index (χ4n) is 2.39. The molecule has 1 aliphatic rings. The molecule has 0 bridgehead atoms. The molecule has 96 valence electrons. The molecular weight excluding hydrogens is 244 g/mol. The van der Waals surface area contributed by atoms with Gasteiger partial charge in [0.05, 0.1) is 22.9 Å². The lowest BCUT2D eigenvalue weighted by Gasteiger charge is -2.10. The number of fused-ring (bicyclic) bond motifs is 1. The lowest BCUT2D eigenvalue weighted by molar-refractivity contribution is 0.0659. The van der Waals surface area contributed by atoms with Crippen molar-refractivity contribution in [3.63, 3.8) is 0 Å². The normalized spacial score (nSPS) is 16.4. The molecule has 3 rings (SSSR count). The summed E-state index contributed by atoms with van der Waals surface area (Å²) >= 11 is 1.70. The lowest BCUT2D eigenvalue weighted by atomic mass is 10.3. The zero-order valence-electron chi connectivity index (χ0n) is 10.4. The van der Waals surface area contributed by atoms with Crippen LogP contribution in [0.2, 0.25) is 0 Å². The molecule has 18 heavy (non-hydrogen) atoms. The predicted molar refractivity (Wildman–Crippen MR) is 76.3 cm³/mol. The van der Waals surface area contributed by atoms with Crippen molar-refractivity contribution >= 4 is 26.7 Å². The average molecular weight is 262 g/mol. The van der Waals surface area contributed by atoms with E-state index in [0.29, 0.717) is 6.10 Å². The first kappa shape index (κ1) is 11.9. The lowest BCUT2D eigenvalue weighted by Crippen LogP contribution is -2.15. The third-order valence-corrected chi connectivity index (χ3v) is 4.32. The summed E-state index contributed by atoms with van der Waals surface area (Å²) < 4.78 is 7.05. The summed E-state index contributed by atoms with van der Waals surface area (Å²) in [6.07, 6.45) is 5.64. The number of para-hydroxylation sites is 1. The maximum atomic E-state index is 5.81. The minimum Gasteiger partial charge on any atom is -0.376 e. The van der Waals surface area contributed by atoms with Crippen LogP contribution in [0.1, 0.15) is 25.7 Å². The van der Waals surface area contributed by atoms with Crippen LogP contribution in [-0.4, -0.2) is 24.2 Å². The SMILES string of the molecule is c1ccc2sc(NCCOC3CCCC3)nc2c1. The molecule has 1 N–H and O–H groups in total. The molecule has 0 aliphatic heterocycles. The Labute approximate surface area is 111 Å². The van der Waals surface area contributed by atoms with Crippen LogP contribution < -0.4 is 5.32 Å². The van der Waals surface area contributed by atoms with Crippen molar-refractivity contribution in [1.29, 1.82) is 0 Å². The summed E-state index contributed by atoms with van der Waals surface area (Å²) in [7, 11) is 0. The molecular formula is C14H18N2OS. The molecule has 0 amide bonds. The van der Waals surface area contributed by atoms with Crippen LogP contribution in [-0.2, 0) is 4.74 Å². The number of ether oxygens (including phenoxy) is 1. The third-order valence-electron chi connectivity index (χ3n) is 3.33. The van der Waals surface area contributed by atoms with Gasteiger partial charge in [0.15, 0.2) is 5.13 Å². The second kappa shape index (κ2) is 5.67. The topological polar surface area (TPSA) is 34.1 Å². The molecule has 0 atom stereocenters. The first-order chi connectivity index (χ1) is 8.92. The molecule has 1 aliphatic carbocycles. The van der Waals surface area contributed by atoms with Gasteiger partial charge in [-0.15, -0.1) is 0 Å². The van der Waals surface area contributed by atoms with Crippen molar-refractivity contribution in [2.45, 2.75) is 31.8 Å². The first-order valence-corrected chi connectivity index (χ1v) is 7.44. The Bertz CT molecular complexity index is 472. The van der Waals surface area contributed by atoms with E-state index in [-0.39, 0.29) is 0 Å². The number of hydrogen-bond donors (Lipinski definition) is 1. The number of rotatable bonds is 5. The highest BCUT2D eigenvalue weighted by atomic mass is 32.1. The van der Waals surface area contributed by atoms with Crippen molar-refractivity contribution in [2.24, 2.45) is 0 Å². The van der Waals surface area contributed by atoms with E-state index in [2.05, 4.69) is 16.4 Å². The van der Waals surface area contributed by atoms with Gasteiger partial charge >= 0.3 is 0 Å². The quantitative estimate of drug-likeness (QED) is 0.835. The van der Waals surface area contributed by atoms with Gasteiger partial charge < -0.3 is 10.1 Å². The van der Waals surface area contributed by atoms with E-state index in [1.165, 1.54) is 30.4 Å². The van der Waals surface area contributed by atoms with Crippen molar-refractivity contribution in [3.8, 4) is 0 Å². The van der Waals surface area contributed by atoms with Crippen LogP contribution in [0.25, 0.3) is 10.2 Å². The van der Waals surface area contributed by atoms with Gasteiger partial charge in [-0.05, 0) is 25.0 Å². The molecule has 1 aromatic heterocycles. The third kappa shape index (κ3) is 2.82. The summed E-state index contributed by atoms with van der Waals surface area (Å²) in [6, 6.07) is 8.22. The Kier molecular flexibility index (Phi) is 3.76. The van der Waals surface area contributed by atoms with Crippen molar-refractivity contribution in [1.82, 2.24) is 4.98 Å². The monoisotopic (exact) mass is 262 g/mol. The molecule has 4 heteroatoms. The second-order valence-corrected chi connectivity index (χ2v) is 5.72. The molecule has 2 aromatic rings. The van der Waals surface area contributed by atoms with Gasteiger partial charge in [-0.25, -0.2) is 4.98 Å². The number of aromatic nitrogens is 1. The van der Waals surface area contributed by atoms with E-state index in [1.807, 2.05) is 18.2 Å². The summed E-state index contributed by atoms with van der Waals surface area (Å²) in [4.78, 5) is 4.53. The van der Waals surface area contributed by atoms with Crippen LogP contribution in [0.5, 0.6) is 0 Å². The zero-order chi connectivity index (χ0) is 12.2. The Morgan fingerprint density at radius 3 is 2.94 bits per heavy atom.